The van der Waals surface area contributed by atoms with E-state index in [1.165, 1.54) is 12.8 Å². The summed E-state index contributed by atoms with van der Waals surface area (Å²) in [6.07, 6.45) is 5.28. The highest BCUT2D eigenvalue weighted by Gasteiger charge is 2.32. The second-order valence-electron chi connectivity index (χ2n) is 6.53. The lowest BCUT2D eigenvalue weighted by atomic mass is 10.1. The lowest BCUT2D eigenvalue weighted by Crippen LogP contribution is -2.32. The highest BCUT2D eigenvalue weighted by molar-refractivity contribution is 5.89. The summed E-state index contributed by atoms with van der Waals surface area (Å²) in [7, 11) is 1.74. The Balaban J connectivity index is 1.57. The van der Waals surface area contributed by atoms with Gasteiger partial charge in [0.1, 0.15) is 5.75 Å². The number of carbonyl (C=O) groups is 2. The van der Waals surface area contributed by atoms with Gasteiger partial charge in [-0.1, -0.05) is 18.2 Å². The van der Waals surface area contributed by atoms with Crippen LogP contribution in [0.5, 0.6) is 5.75 Å². The van der Waals surface area contributed by atoms with Crippen LogP contribution in [-0.4, -0.2) is 36.4 Å². The Hall–Kier alpha value is -2.04. The van der Waals surface area contributed by atoms with Gasteiger partial charge >= 0.3 is 0 Å². The molecule has 1 N–H and O–H groups in total. The van der Waals surface area contributed by atoms with Gasteiger partial charge in [-0.3, -0.25) is 9.59 Å². The number of nitrogens with one attached hydrogen (secondary N) is 1. The fraction of sp³-hybridized carbons (Fsp3) is 0.556. The predicted molar refractivity (Wildman–Crippen MR) is 86.9 cm³/mol. The first kappa shape index (κ1) is 15.8. The minimum atomic E-state index is -0.240. The number of likely N-dealkylation sites (tertiary alicyclic amines) is 1. The molecule has 5 nitrogen and oxygen atoms in total. The van der Waals surface area contributed by atoms with Crippen molar-refractivity contribution in [2.45, 2.75) is 44.8 Å². The lowest BCUT2D eigenvalue weighted by molar-refractivity contribution is -0.128. The van der Waals surface area contributed by atoms with Crippen molar-refractivity contribution in [3.05, 3.63) is 29.8 Å². The molecule has 1 atom stereocenters. The van der Waals surface area contributed by atoms with Crippen molar-refractivity contribution < 1.29 is 14.3 Å². The summed E-state index contributed by atoms with van der Waals surface area (Å²) in [4.78, 5) is 25.4. The molecule has 1 aromatic carbocycles. The summed E-state index contributed by atoms with van der Waals surface area (Å²) < 4.78 is 6.08. The van der Waals surface area contributed by atoms with Gasteiger partial charge in [0.2, 0.25) is 11.8 Å². The largest absolute Gasteiger partial charge is 0.490 e. The minimum absolute atomic E-state index is 0.0371. The fourth-order valence-corrected chi connectivity index (χ4v) is 3.32. The van der Waals surface area contributed by atoms with Crippen LogP contribution in [0, 0.1) is 5.92 Å². The highest BCUT2D eigenvalue weighted by Crippen LogP contribution is 2.26. The van der Waals surface area contributed by atoms with Crippen LogP contribution in [0.1, 0.15) is 37.7 Å². The zero-order valence-electron chi connectivity index (χ0n) is 13.6. The number of ether oxygens (including phenoxy) is 1. The molecule has 1 saturated heterocycles. The molecule has 0 aromatic heterocycles. The second kappa shape index (κ2) is 7.02. The Morgan fingerprint density at radius 1 is 1.30 bits per heavy atom. The molecule has 1 aromatic rings. The molecule has 23 heavy (non-hydrogen) atoms. The molecule has 2 fully saturated rings. The number of nitrogens with zero attached hydrogens (tertiary/aromatic N) is 1. The molecule has 5 heteroatoms. The zero-order valence-corrected chi connectivity index (χ0v) is 13.6. The van der Waals surface area contributed by atoms with Crippen LogP contribution < -0.4 is 10.1 Å². The van der Waals surface area contributed by atoms with Crippen LogP contribution in [0.2, 0.25) is 0 Å². The van der Waals surface area contributed by atoms with E-state index in [9.17, 15) is 9.59 Å². The van der Waals surface area contributed by atoms with Gasteiger partial charge in [-0.05, 0) is 31.7 Å². The highest BCUT2D eigenvalue weighted by atomic mass is 16.5. The quantitative estimate of drug-likeness (QED) is 0.905. The minimum Gasteiger partial charge on any atom is -0.490 e. The van der Waals surface area contributed by atoms with E-state index in [1.54, 1.807) is 11.9 Å². The van der Waals surface area contributed by atoms with E-state index >= 15 is 0 Å². The van der Waals surface area contributed by atoms with Gasteiger partial charge in [-0.25, -0.2) is 0 Å². The topological polar surface area (TPSA) is 58.6 Å². The van der Waals surface area contributed by atoms with Crippen LogP contribution in [0.25, 0.3) is 0 Å². The SMILES string of the molecule is CN1C[C@H](C(=O)NCc2ccccc2OC2CCCC2)CC1=O. The van der Waals surface area contributed by atoms with Crippen molar-refractivity contribution in [1.29, 1.82) is 0 Å². The Bertz CT molecular complexity index is 581. The molecule has 3 rings (SSSR count). The van der Waals surface area contributed by atoms with Gasteiger partial charge < -0.3 is 15.0 Å². The van der Waals surface area contributed by atoms with Crippen molar-refractivity contribution in [2.24, 2.45) is 5.92 Å². The van der Waals surface area contributed by atoms with Gasteiger partial charge in [0.25, 0.3) is 0 Å². The monoisotopic (exact) mass is 316 g/mol. The molecular weight excluding hydrogens is 292 g/mol. The summed E-state index contributed by atoms with van der Waals surface area (Å²) in [5, 5.41) is 2.95. The Morgan fingerprint density at radius 2 is 2.04 bits per heavy atom. The summed E-state index contributed by atoms with van der Waals surface area (Å²) >= 11 is 0. The van der Waals surface area contributed by atoms with Crippen molar-refractivity contribution in [3.63, 3.8) is 0 Å². The van der Waals surface area contributed by atoms with Crippen molar-refractivity contribution in [2.75, 3.05) is 13.6 Å². The molecule has 0 unspecified atom stereocenters. The van der Waals surface area contributed by atoms with Gasteiger partial charge in [0.05, 0.1) is 12.0 Å². The molecule has 2 aliphatic rings. The Morgan fingerprint density at radius 3 is 2.74 bits per heavy atom. The third kappa shape index (κ3) is 3.84. The standard InChI is InChI=1S/C18H24N2O3/c1-20-12-14(10-17(20)21)18(22)19-11-13-6-2-5-9-16(13)23-15-7-3-4-8-15/h2,5-6,9,14-15H,3-4,7-8,10-12H2,1H3,(H,19,22)/t14-/m1/s1. The molecule has 1 aliphatic carbocycles. The van der Waals surface area contributed by atoms with Gasteiger partial charge in [-0.2, -0.15) is 0 Å². The molecule has 1 aliphatic heterocycles. The zero-order chi connectivity index (χ0) is 16.2. The molecule has 0 bridgehead atoms. The number of benzene rings is 1. The predicted octanol–water partition coefficient (Wildman–Crippen LogP) is 2.10. The summed E-state index contributed by atoms with van der Waals surface area (Å²) in [6.45, 7) is 0.945. The molecule has 2 amide bonds. The van der Waals surface area contributed by atoms with E-state index in [0.717, 1.165) is 24.2 Å². The third-order valence-corrected chi connectivity index (χ3v) is 4.73. The molecule has 0 spiro atoms. The fourth-order valence-electron chi connectivity index (χ4n) is 3.32. The number of carbonyl (C=O) groups excluding carboxylic acids is 2. The maximum atomic E-state index is 12.2. The molecule has 1 saturated carbocycles. The average Bonchev–Trinajstić information content (AvgIpc) is 3.17. The molecule has 1 heterocycles. The lowest BCUT2D eigenvalue weighted by Gasteiger charge is -2.17. The van der Waals surface area contributed by atoms with E-state index in [-0.39, 0.29) is 17.7 Å². The molecule has 0 radical (unpaired) electrons. The average molecular weight is 316 g/mol. The summed E-state index contributed by atoms with van der Waals surface area (Å²) in [5.74, 6) is 0.600. The van der Waals surface area contributed by atoms with Gasteiger partial charge in [0.15, 0.2) is 0 Å². The van der Waals surface area contributed by atoms with E-state index in [4.69, 9.17) is 4.74 Å². The number of para-hydroxylation sites is 1. The van der Waals surface area contributed by atoms with E-state index in [2.05, 4.69) is 5.32 Å². The smallest absolute Gasteiger partial charge is 0.225 e. The maximum absolute atomic E-state index is 12.2. The van der Waals surface area contributed by atoms with Crippen molar-refractivity contribution in [1.82, 2.24) is 10.2 Å². The van der Waals surface area contributed by atoms with E-state index < -0.39 is 0 Å². The number of hydrogen-bond donors (Lipinski definition) is 1. The van der Waals surface area contributed by atoms with Crippen molar-refractivity contribution >= 4 is 11.8 Å². The van der Waals surface area contributed by atoms with E-state index in [0.29, 0.717) is 25.6 Å². The number of rotatable bonds is 5. The summed E-state index contributed by atoms with van der Waals surface area (Å²) in [6, 6.07) is 7.86. The van der Waals surface area contributed by atoms with E-state index in [1.807, 2.05) is 24.3 Å². The number of hydrogen-bond acceptors (Lipinski definition) is 3. The van der Waals surface area contributed by atoms with Crippen LogP contribution in [0.3, 0.4) is 0 Å². The second-order valence-corrected chi connectivity index (χ2v) is 6.53. The normalized spacial score (nSPS) is 21.7. The van der Waals surface area contributed by atoms with Crippen LogP contribution >= 0.6 is 0 Å². The van der Waals surface area contributed by atoms with Crippen LogP contribution in [0.4, 0.5) is 0 Å². The van der Waals surface area contributed by atoms with Gasteiger partial charge in [0, 0.05) is 32.1 Å². The van der Waals surface area contributed by atoms with Crippen molar-refractivity contribution in [3.8, 4) is 5.75 Å². The first-order valence-electron chi connectivity index (χ1n) is 8.39. The first-order valence-corrected chi connectivity index (χ1v) is 8.39. The number of amides is 2. The van der Waals surface area contributed by atoms with Crippen LogP contribution in [-0.2, 0) is 16.1 Å². The third-order valence-electron chi connectivity index (χ3n) is 4.73. The summed E-state index contributed by atoms with van der Waals surface area (Å²) in [5.41, 5.74) is 0.991. The van der Waals surface area contributed by atoms with Crippen LogP contribution in [0.15, 0.2) is 24.3 Å². The molecule has 124 valence electrons. The Labute approximate surface area is 137 Å². The first-order chi connectivity index (χ1) is 11.1. The maximum Gasteiger partial charge on any atom is 0.225 e. The van der Waals surface area contributed by atoms with Gasteiger partial charge in [-0.15, -0.1) is 0 Å². The molecular formula is C18H24N2O3. The Kier molecular flexibility index (Phi) is 4.84.